The van der Waals surface area contributed by atoms with E-state index in [9.17, 15) is 9.59 Å². The summed E-state index contributed by atoms with van der Waals surface area (Å²) in [6, 6.07) is 10.5. The molecule has 2 N–H and O–H groups in total. The predicted octanol–water partition coefficient (Wildman–Crippen LogP) is 2.35. The molecule has 1 aliphatic rings. The fourth-order valence-electron chi connectivity index (χ4n) is 3.75. The van der Waals surface area contributed by atoms with Crippen LogP contribution in [0.1, 0.15) is 34.9 Å². The zero-order chi connectivity index (χ0) is 18.5. The van der Waals surface area contributed by atoms with Crippen LogP contribution in [0.3, 0.4) is 0 Å². The lowest BCUT2D eigenvalue weighted by atomic mass is 10.0. The Kier molecular flexibility index (Phi) is 3.36. The standard InChI is InChI=1S/C20H17N5O2/c1-11-3-2-4-12(7-11)13-8-14(13)15-9-17(24-25-6-5-21-18(15)25)16-10-22-20(27)23-19(16)26/h2-7,9-10,13-14H,8H2,1H3,(H2,22,23,26,27)/t13-,14+/m0/s1. The fraction of sp³-hybridized carbons (Fsp3) is 0.200. The third kappa shape index (κ3) is 2.68. The first kappa shape index (κ1) is 15.7. The highest BCUT2D eigenvalue weighted by molar-refractivity contribution is 5.63. The number of hydrogen-bond acceptors (Lipinski definition) is 4. The van der Waals surface area contributed by atoms with Crippen molar-refractivity contribution in [1.82, 2.24) is 24.6 Å². The van der Waals surface area contributed by atoms with Gasteiger partial charge in [0.2, 0.25) is 0 Å². The van der Waals surface area contributed by atoms with Crippen LogP contribution in [0, 0.1) is 6.92 Å². The molecule has 0 unspecified atom stereocenters. The maximum absolute atomic E-state index is 12.2. The van der Waals surface area contributed by atoms with Gasteiger partial charge in [-0.3, -0.25) is 9.78 Å². The number of nitrogens with one attached hydrogen (secondary N) is 2. The molecule has 0 bridgehead atoms. The van der Waals surface area contributed by atoms with Crippen molar-refractivity contribution < 1.29 is 0 Å². The van der Waals surface area contributed by atoms with E-state index in [4.69, 9.17) is 0 Å². The van der Waals surface area contributed by atoms with Crippen LogP contribution in [-0.2, 0) is 0 Å². The quantitative estimate of drug-likeness (QED) is 0.587. The molecule has 1 saturated carbocycles. The minimum atomic E-state index is -0.533. The van der Waals surface area contributed by atoms with Gasteiger partial charge in [-0.05, 0) is 36.8 Å². The van der Waals surface area contributed by atoms with Gasteiger partial charge in [0.15, 0.2) is 5.65 Å². The zero-order valence-electron chi connectivity index (χ0n) is 14.6. The van der Waals surface area contributed by atoms with Crippen LogP contribution in [-0.4, -0.2) is 24.6 Å². The Bertz CT molecular complexity index is 1280. The number of rotatable bonds is 3. The van der Waals surface area contributed by atoms with E-state index in [1.165, 1.54) is 17.3 Å². The third-order valence-electron chi connectivity index (χ3n) is 5.14. The number of fused-ring (bicyclic) bond motifs is 1. The summed E-state index contributed by atoms with van der Waals surface area (Å²) in [5.74, 6) is 0.773. The summed E-state index contributed by atoms with van der Waals surface area (Å²) < 4.78 is 1.70. The van der Waals surface area contributed by atoms with Gasteiger partial charge < -0.3 is 4.98 Å². The van der Waals surface area contributed by atoms with Crippen molar-refractivity contribution in [3.8, 4) is 11.3 Å². The second kappa shape index (κ2) is 5.77. The lowest BCUT2D eigenvalue weighted by molar-refractivity contribution is 0.905. The number of nitrogens with zero attached hydrogens (tertiary/aromatic N) is 3. The summed E-state index contributed by atoms with van der Waals surface area (Å²) in [5, 5.41) is 4.49. The Balaban J connectivity index is 1.62. The average Bonchev–Trinajstić information content (AvgIpc) is 3.30. The summed E-state index contributed by atoms with van der Waals surface area (Å²) in [7, 11) is 0. The van der Waals surface area contributed by atoms with Crippen LogP contribution in [0.5, 0.6) is 0 Å². The summed E-state index contributed by atoms with van der Waals surface area (Å²) in [6.07, 6.45) is 5.92. The second-order valence-corrected chi connectivity index (χ2v) is 7.03. The lowest BCUT2D eigenvalue weighted by Crippen LogP contribution is -2.23. The minimum absolute atomic E-state index is 0.333. The first-order chi connectivity index (χ1) is 13.1. The van der Waals surface area contributed by atoms with Gasteiger partial charge in [-0.15, -0.1) is 0 Å². The zero-order valence-corrected chi connectivity index (χ0v) is 14.6. The van der Waals surface area contributed by atoms with Crippen molar-refractivity contribution in [3.63, 3.8) is 0 Å². The lowest BCUT2D eigenvalue weighted by Gasteiger charge is -2.07. The minimum Gasteiger partial charge on any atom is -0.313 e. The Labute approximate surface area is 153 Å². The van der Waals surface area contributed by atoms with Gasteiger partial charge in [-0.1, -0.05) is 29.8 Å². The molecule has 0 aliphatic heterocycles. The Morgan fingerprint density at radius 2 is 2.07 bits per heavy atom. The average molecular weight is 359 g/mol. The molecule has 0 radical (unpaired) electrons. The van der Waals surface area contributed by atoms with Crippen LogP contribution in [0.2, 0.25) is 0 Å². The highest BCUT2D eigenvalue weighted by Crippen LogP contribution is 2.55. The summed E-state index contributed by atoms with van der Waals surface area (Å²) in [4.78, 5) is 32.7. The number of aromatic nitrogens is 5. The predicted molar refractivity (Wildman–Crippen MR) is 101 cm³/mol. The van der Waals surface area contributed by atoms with Crippen molar-refractivity contribution >= 4 is 5.65 Å². The molecule has 4 aromatic rings. The Morgan fingerprint density at radius 3 is 2.89 bits per heavy atom. The van der Waals surface area contributed by atoms with E-state index >= 15 is 0 Å². The number of H-pyrrole nitrogens is 2. The van der Waals surface area contributed by atoms with Gasteiger partial charge >= 0.3 is 5.69 Å². The van der Waals surface area contributed by atoms with E-state index in [2.05, 4.69) is 51.2 Å². The van der Waals surface area contributed by atoms with Gasteiger partial charge in [-0.25, -0.2) is 14.3 Å². The molecule has 3 aromatic heterocycles. The first-order valence-corrected chi connectivity index (χ1v) is 8.83. The first-order valence-electron chi connectivity index (χ1n) is 8.83. The van der Waals surface area contributed by atoms with Gasteiger partial charge in [-0.2, -0.15) is 5.10 Å². The Hall–Kier alpha value is -3.48. The number of benzene rings is 1. The summed E-state index contributed by atoms with van der Waals surface area (Å²) in [5.41, 5.74) is 4.31. The van der Waals surface area contributed by atoms with Crippen molar-refractivity contribution in [2.24, 2.45) is 0 Å². The fourth-order valence-corrected chi connectivity index (χ4v) is 3.75. The number of aryl methyl sites for hydroxylation is 1. The molecule has 7 nitrogen and oxygen atoms in total. The smallest absolute Gasteiger partial charge is 0.313 e. The molecule has 0 spiro atoms. The van der Waals surface area contributed by atoms with E-state index in [-0.39, 0.29) is 0 Å². The highest BCUT2D eigenvalue weighted by atomic mass is 16.2. The second-order valence-electron chi connectivity index (χ2n) is 7.03. The van der Waals surface area contributed by atoms with E-state index in [0.717, 1.165) is 17.6 Å². The molecule has 1 fully saturated rings. The largest absolute Gasteiger partial charge is 0.325 e. The van der Waals surface area contributed by atoms with Gasteiger partial charge in [0.1, 0.15) is 0 Å². The molecule has 0 amide bonds. The molecule has 1 aromatic carbocycles. The molecule has 1 aliphatic carbocycles. The van der Waals surface area contributed by atoms with Crippen LogP contribution in [0.25, 0.3) is 16.9 Å². The molecule has 5 rings (SSSR count). The summed E-state index contributed by atoms with van der Waals surface area (Å²) in [6.45, 7) is 2.10. The normalized spacial score (nSPS) is 18.7. The number of imidazole rings is 1. The van der Waals surface area contributed by atoms with Crippen LogP contribution in [0.15, 0.2) is 58.5 Å². The molecule has 7 heteroatoms. The monoisotopic (exact) mass is 359 g/mol. The molecule has 2 atom stereocenters. The van der Waals surface area contributed by atoms with Gasteiger partial charge in [0, 0.05) is 24.2 Å². The van der Waals surface area contributed by atoms with E-state index < -0.39 is 11.2 Å². The molecule has 3 heterocycles. The van der Waals surface area contributed by atoms with Crippen molar-refractivity contribution in [2.45, 2.75) is 25.2 Å². The van der Waals surface area contributed by atoms with Crippen molar-refractivity contribution in [1.29, 1.82) is 0 Å². The topological polar surface area (TPSA) is 95.9 Å². The van der Waals surface area contributed by atoms with Crippen molar-refractivity contribution in [3.05, 3.63) is 86.5 Å². The molecular formula is C20H17N5O2. The molecule has 27 heavy (non-hydrogen) atoms. The van der Waals surface area contributed by atoms with E-state index in [1.807, 2.05) is 6.07 Å². The maximum Gasteiger partial charge on any atom is 0.325 e. The SMILES string of the molecule is Cc1cccc([C@@H]2C[C@H]2c2cc(-c3c[nH]c(=O)[nH]c3=O)nn3ccnc23)c1. The number of aromatic amines is 2. The van der Waals surface area contributed by atoms with Crippen LogP contribution in [0.4, 0.5) is 0 Å². The van der Waals surface area contributed by atoms with Gasteiger partial charge in [0.05, 0.1) is 11.3 Å². The van der Waals surface area contributed by atoms with Crippen molar-refractivity contribution in [2.75, 3.05) is 0 Å². The van der Waals surface area contributed by atoms with Crippen LogP contribution < -0.4 is 11.2 Å². The molecule has 134 valence electrons. The third-order valence-corrected chi connectivity index (χ3v) is 5.14. The van der Waals surface area contributed by atoms with E-state index in [1.54, 1.807) is 16.9 Å². The van der Waals surface area contributed by atoms with Crippen LogP contribution >= 0.6 is 0 Å². The maximum atomic E-state index is 12.2. The highest BCUT2D eigenvalue weighted by Gasteiger charge is 2.41. The Morgan fingerprint density at radius 1 is 1.19 bits per heavy atom. The van der Waals surface area contributed by atoms with E-state index in [0.29, 0.717) is 23.1 Å². The number of hydrogen-bond donors (Lipinski definition) is 2. The van der Waals surface area contributed by atoms with Gasteiger partial charge in [0.25, 0.3) is 5.56 Å². The summed E-state index contributed by atoms with van der Waals surface area (Å²) >= 11 is 0. The molecule has 0 saturated heterocycles. The molecular weight excluding hydrogens is 342 g/mol.